The standard InChI is InChI=1S/C18H29N3O3S2.C2HF3O2/c22-18(17-8-5-14-25-17)21(16-6-3-1-2-4-7-16)13-15-26(23,24)20-11-9-19-10-12-20;3-2(4,5)1(6)7/h5,8,14,16,19H,1-4,6-7,9-13,15H2;(H,6,7). The molecule has 188 valence electrons. The second-order valence-electron chi connectivity index (χ2n) is 7.89. The Labute approximate surface area is 195 Å². The molecule has 1 aromatic rings. The molecule has 1 saturated heterocycles. The van der Waals surface area contributed by atoms with Gasteiger partial charge in [0.1, 0.15) is 0 Å². The molecule has 3 rings (SSSR count). The predicted octanol–water partition coefficient (Wildman–Crippen LogP) is 2.78. The van der Waals surface area contributed by atoms with E-state index in [0.29, 0.717) is 31.1 Å². The minimum atomic E-state index is -5.08. The third-order valence-electron chi connectivity index (χ3n) is 5.56. The first-order valence-electron chi connectivity index (χ1n) is 10.9. The van der Waals surface area contributed by atoms with Crippen molar-refractivity contribution in [3.8, 4) is 0 Å². The van der Waals surface area contributed by atoms with Gasteiger partial charge < -0.3 is 15.3 Å². The number of sulfonamides is 1. The molecule has 1 aliphatic heterocycles. The first-order chi connectivity index (χ1) is 15.5. The number of carboxylic acids is 1. The summed E-state index contributed by atoms with van der Waals surface area (Å²) in [6, 6.07) is 3.87. The summed E-state index contributed by atoms with van der Waals surface area (Å²) in [4.78, 5) is 24.5. The summed E-state index contributed by atoms with van der Waals surface area (Å²) >= 11 is 1.43. The third-order valence-corrected chi connectivity index (χ3v) is 8.27. The summed E-state index contributed by atoms with van der Waals surface area (Å²) in [5.41, 5.74) is 0. The molecular formula is C20H30F3N3O5S2. The van der Waals surface area contributed by atoms with Crippen molar-refractivity contribution in [3.63, 3.8) is 0 Å². The Morgan fingerprint density at radius 2 is 1.73 bits per heavy atom. The summed E-state index contributed by atoms with van der Waals surface area (Å²) in [5, 5.41) is 12.2. The average Bonchev–Trinajstić information content (AvgIpc) is 3.18. The lowest BCUT2D eigenvalue weighted by Gasteiger charge is -2.32. The lowest BCUT2D eigenvalue weighted by molar-refractivity contribution is -0.192. The molecule has 1 aromatic heterocycles. The summed E-state index contributed by atoms with van der Waals surface area (Å²) in [5.74, 6) is -2.75. The van der Waals surface area contributed by atoms with Crippen LogP contribution in [0, 0.1) is 0 Å². The van der Waals surface area contributed by atoms with Crippen LogP contribution in [0.5, 0.6) is 0 Å². The van der Waals surface area contributed by atoms with Gasteiger partial charge in [0, 0.05) is 38.8 Å². The van der Waals surface area contributed by atoms with Crippen molar-refractivity contribution >= 4 is 33.2 Å². The van der Waals surface area contributed by atoms with Gasteiger partial charge in [-0.2, -0.15) is 17.5 Å². The number of carbonyl (C=O) groups excluding carboxylic acids is 1. The highest BCUT2D eigenvalue weighted by Gasteiger charge is 2.38. The number of thiophene rings is 1. The highest BCUT2D eigenvalue weighted by Crippen LogP contribution is 2.25. The zero-order valence-corrected chi connectivity index (χ0v) is 19.9. The molecule has 2 heterocycles. The monoisotopic (exact) mass is 513 g/mol. The van der Waals surface area contributed by atoms with Crippen molar-refractivity contribution in [2.45, 2.75) is 50.7 Å². The predicted molar refractivity (Wildman–Crippen MR) is 119 cm³/mol. The summed E-state index contributed by atoms with van der Waals surface area (Å²) in [6.45, 7) is 2.71. The van der Waals surface area contributed by atoms with E-state index in [1.165, 1.54) is 24.2 Å². The minimum Gasteiger partial charge on any atom is -0.475 e. The van der Waals surface area contributed by atoms with Gasteiger partial charge in [0.05, 0.1) is 10.6 Å². The Hall–Kier alpha value is -1.70. The highest BCUT2D eigenvalue weighted by atomic mass is 32.2. The second kappa shape index (κ2) is 12.7. The van der Waals surface area contributed by atoms with E-state index in [4.69, 9.17) is 9.90 Å². The molecule has 1 saturated carbocycles. The van der Waals surface area contributed by atoms with Gasteiger partial charge in [-0.3, -0.25) is 4.79 Å². The Balaban J connectivity index is 0.000000479. The van der Waals surface area contributed by atoms with E-state index in [1.54, 1.807) is 4.31 Å². The fraction of sp³-hybridized carbons (Fsp3) is 0.700. The van der Waals surface area contributed by atoms with E-state index in [-0.39, 0.29) is 24.2 Å². The van der Waals surface area contributed by atoms with Gasteiger partial charge in [0.25, 0.3) is 5.91 Å². The summed E-state index contributed by atoms with van der Waals surface area (Å²) in [7, 11) is -3.33. The van der Waals surface area contributed by atoms with Crippen molar-refractivity contribution < 1.29 is 36.3 Å². The van der Waals surface area contributed by atoms with Crippen LogP contribution in [-0.4, -0.2) is 85.3 Å². The minimum absolute atomic E-state index is 0.0117. The maximum Gasteiger partial charge on any atom is 0.490 e. The molecule has 0 bridgehead atoms. The van der Waals surface area contributed by atoms with Crippen LogP contribution in [0.25, 0.3) is 0 Å². The topological polar surface area (TPSA) is 107 Å². The number of piperazine rings is 1. The van der Waals surface area contributed by atoms with Gasteiger partial charge in [0.2, 0.25) is 10.0 Å². The number of hydrogen-bond donors (Lipinski definition) is 2. The SMILES string of the molecule is O=C(O)C(F)(F)F.O=C(c1cccs1)N(CCS(=O)(=O)N1CCNCC1)C1CCCCCC1. The average molecular weight is 514 g/mol. The number of carboxylic acid groups (broad SMARTS) is 1. The van der Waals surface area contributed by atoms with Crippen LogP contribution in [0.3, 0.4) is 0 Å². The van der Waals surface area contributed by atoms with Crippen LogP contribution in [-0.2, 0) is 14.8 Å². The molecule has 1 aliphatic carbocycles. The maximum absolute atomic E-state index is 13.0. The van der Waals surface area contributed by atoms with Crippen molar-refractivity contribution in [1.29, 1.82) is 0 Å². The molecule has 1 amide bonds. The Kier molecular flexibility index (Phi) is 10.6. The third kappa shape index (κ3) is 8.87. The van der Waals surface area contributed by atoms with E-state index in [1.807, 2.05) is 22.4 Å². The van der Waals surface area contributed by atoms with Crippen molar-refractivity contribution in [3.05, 3.63) is 22.4 Å². The quantitative estimate of drug-likeness (QED) is 0.567. The number of amides is 1. The lowest BCUT2D eigenvalue weighted by atomic mass is 10.1. The Bertz CT molecular complexity index is 849. The zero-order valence-electron chi connectivity index (χ0n) is 18.2. The number of hydrogen-bond acceptors (Lipinski definition) is 6. The molecule has 2 N–H and O–H groups in total. The molecule has 2 fully saturated rings. The fourth-order valence-electron chi connectivity index (χ4n) is 3.83. The second-order valence-corrected chi connectivity index (χ2v) is 10.9. The summed E-state index contributed by atoms with van der Waals surface area (Å²) < 4.78 is 58.7. The molecule has 8 nitrogen and oxygen atoms in total. The van der Waals surface area contributed by atoms with Crippen molar-refractivity contribution in [2.24, 2.45) is 0 Å². The number of halogens is 3. The molecule has 13 heteroatoms. The number of nitrogens with zero attached hydrogens (tertiary/aromatic N) is 2. The Morgan fingerprint density at radius 3 is 2.21 bits per heavy atom. The van der Waals surface area contributed by atoms with E-state index in [2.05, 4.69) is 5.32 Å². The maximum atomic E-state index is 13.0. The van der Waals surface area contributed by atoms with E-state index < -0.39 is 22.2 Å². The van der Waals surface area contributed by atoms with Crippen LogP contribution in [0.4, 0.5) is 13.2 Å². The smallest absolute Gasteiger partial charge is 0.475 e. The number of nitrogens with one attached hydrogen (secondary N) is 1. The van der Waals surface area contributed by atoms with Gasteiger partial charge >= 0.3 is 12.1 Å². The van der Waals surface area contributed by atoms with Crippen molar-refractivity contribution in [2.75, 3.05) is 38.5 Å². The van der Waals surface area contributed by atoms with Gasteiger partial charge in [-0.15, -0.1) is 11.3 Å². The van der Waals surface area contributed by atoms with E-state index >= 15 is 0 Å². The molecule has 0 radical (unpaired) electrons. The fourth-order valence-corrected chi connectivity index (χ4v) is 5.93. The van der Waals surface area contributed by atoms with E-state index in [0.717, 1.165) is 25.7 Å². The Morgan fingerprint density at radius 1 is 1.15 bits per heavy atom. The van der Waals surface area contributed by atoms with Crippen LogP contribution >= 0.6 is 11.3 Å². The van der Waals surface area contributed by atoms with E-state index in [9.17, 15) is 26.4 Å². The molecule has 0 spiro atoms. The van der Waals surface area contributed by atoms with Crippen molar-refractivity contribution in [1.82, 2.24) is 14.5 Å². The lowest BCUT2D eigenvalue weighted by Crippen LogP contribution is -2.49. The summed E-state index contributed by atoms with van der Waals surface area (Å²) in [6.07, 6.45) is 1.51. The van der Waals surface area contributed by atoms with Crippen LogP contribution in [0.1, 0.15) is 48.2 Å². The molecule has 0 aromatic carbocycles. The number of rotatable bonds is 6. The van der Waals surface area contributed by atoms with Crippen LogP contribution in [0.2, 0.25) is 0 Å². The molecule has 0 atom stereocenters. The largest absolute Gasteiger partial charge is 0.490 e. The first kappa shape index (κ1) is 27.5. The van der Waals surface area contributed by atoms with Crippen LogP contribution < -0.4 is 5.32 Å². The van der Waals surface area contributed by atoms with Gasteiger partial charge in [-0.1, -0.05) is 31.7 Å². The number of alkyl halides is 3. The highest BCUT2D eigenvalue weighted by molar-refractivity contribution is 7.89. The number of aliphatic carboxylic acids is 1. The normalized spacial score (nSPS) is 18.6. The van der Waals surface area contributed by atoms with Gasteiger partial charge in [-0.25, -0.2) is 13.2 Å². The molecule has 0 unspecified atom stereocenters. The van der Waals surface area contributed by atoms with Gasteiger partial charge in [-0.05, 0) is 24.3 Å². The first-order valence-corrected chi connectivity index (χ1v) is 13.3. The number of carbonyl (C=O) groups is 2. The zero-order chi connectivity index (χ0) is 24.5. The molecule has 33 heavy (non-hydrogen) atoms. The molecular weight excluding hydrogens is 483 g/mol. The van der Waals surface area contributed by atoms with Gasteiger partial charge in [0.15, 0.2) is 0 Å². The van der Waals surface area contributed by atoms with Crippen LogP contribution in [0.15, 0.2) is 17.5 Å². The molecule has 2 aliphatic rings.